The molecular formula is C16H25N2O3S+. The molecular weight excluding hydrogens is 300 g/mol. The molecule has 1 aliphatic rings. The van der Waals surface area contributed by atoms with Gasteiger partial charge in [0, 0.05) is 10.8 Å². The van der Waals surface area contributed by atoms with E-state index in [1.807, 2.05) is 13.8 Å². The molecule has 5 nitrogen and oxygen atoms in total. The molecule has 0 aromatic carbocycles. The molecule has 0 bridgehead atoms. The van der Waals surface area contributed by atoms with Crippen molar-refractivity contribution in [3.8, 4) is 0 Å². The van der Waals surface area contributed by atoms with E-state index in [0.29, 0.717) is 23.0 Å². The molecule has 0 aliphatic carbocycles. The Morgan fingerprint density at radius 1 is 1.41 bits per heavy atom. The van der Waals surface area contributed by atoms with Crippen molar-refractivity contribution in [3.63, 3.8) is 0 Å². The quantitative estimate of drug-likeness (QED) is 0.823. The van der Waals surface area contributed by atoms with Crippen molar-refractivity contribution < 1.29 is 19.2 Å². The minimum atomic E-state index is -0.393. The van der Waals surface area contributed by atoms with Gasteiger partial charge in [-0.05, 0) is 32.3 Å². The number of hydrogen-bond donors (Lipinski definition) is 2. The van der Waals surface area contributed by atoms with Crippen molar-refractivity contribution in [3.05, 3.63) is 16.0 Å². The predicted molar refractivity (Wildman–Crippen MR) is 87.7 cm³/mol. The molecule has 1 aromatic rings. The maximum absolute atomic E-state index is 12.3. The van der Waals surface area contributed by atoms with E-state index in [-0.39, 0.29) is 5.91 Å². The Morgan fingerprint density at radius 3 is 2.77 bits per heavy atom. The van der Waals surface area contributed by atoms with Crippen molar-refractivity contribution >= 4 is 28.2 Å². The van der Waals surface area contributed by atoms with Gasteiger partial charge in [0.15, 0.2) is 6.54 Å². The molecule has 2 rings (SSSR count). The molecule has 6 heteroatoms. The maximum Gasteiger partial charge on any atom is 0.341 e. The highest BCUT2D eigenvalue weighted by atomic mass is 32.1. The molecule has 1 aromatic heterocycles. The lowest BCUT2D eigenvalue weighted by molar-refractivity contribution is -0.900. The number of quaternary nitrogens is 1. The first-order chi connectivity index (χ1) is 10.4. The molecule has 1 fully saturated rings. The summed E-state index contributed by atoms with van der Waals surface area (Å²) in [4.78, 5) is 26.5. The van der Waals surface area contributed by atoms with E-state index in [2.05, 4.69) is 12.2 Å². The first-order valence-corrected chi connectivity index (χ1v) is 8.55. The van der Waals surface area contributed by atoms with Gasteiger partial charge < -0.3 is 15.0 Å². The number of anilines is 1. The normalized spacial score (nSPS) is 21.5. The average molecular weight is 325 g/mol. The van der Waals surface area contributed by atoms with Gasteiger partial charge in [0.25, 0.3) is 5.91 Å². The average Bonchev–Trinajstić information content (AvgIpc) is 2.72. The van der Waals surface area contributed by atoms with E-state index in [1.54, 1.807) is 0 Å². The minimum Gasteiger partial charge on any atom is -0.465 e. The Balaban J connectivity index is 2.05. The molecule has 0 radical (unpaired) electrons. The fourth-order valence-electron chi connectivity index (χ4n) is 3.02. The number of likely N-dealkylation sites (tertiary alicyclic amines) is 1. The maximum atomic E-state index is 12.3. The zero-order valence-corrected chi connectivity index (χ0v) is 14.6. The Kier molecular flexibility index (Phi) is 5.58. The van der Waals surface area contributed by atoms with Gasteiger partial charge in [-0.25, -0.2) is 4.79 Å². The molecule has 22 heavy (non-hydrogen) atoms. The minimum absolute atomic E-state index is 0.0319. The van der Waals surface area contributed by atoms with Gasteiger partial charge in [0.1, 0.15) is 5.00 Å². The molecule has 2 heterocycles. The zero-order valence-electron chi connectivity index (χ0n) is 13.7. The van der Waals surface area contributed by atoms with E-state index >= 15 is 0 Å². The fraction of sp³-hybridized carbons (Fsp3) is 0.625. The Hall–Kier alpha value is -1.40. The first-order valence-electron chi connectivity index (χ1n) is 7.74. The number of hydrogen-bond acceptors (Lipinski definition) is 4. The van der Waals surface area contributed by atoms with Crippen LogP contribution >= 0.6 is 11.3 Å². The molecule has 122 valence electrons. The Bertz CT molecular complexity index is 568. The lowest BCUT2D eigenvalue weighted by atomic mass is 10.0. The molecule has 1 unspecified atom stereocenters. The molecule has 0 saturated carbocycles. The van der Waals surface area contributed by atoms with Gasteiger partial charge in [0.05, 0.1) is 25.8 Å². The van der Waals surface area contributed by atoms with Crippen LogP contribution in [0.5, 0.6) is 0 Å². The number of carbonyl (C=O) groups excluding carboxylic acids is 2. The second-order valence-electron chi connectivity index (χ2n) is 6.16. The van der Waals surface area contributed by atoms with Gasteiger partial charge in [-0.15, -0.1) is 11.3 Å². The predicted octanol–water partition coefficient (Wildman–Crippen LogP) is 1.40. The van der Waals surface area contributed by atoms with Crippen molar-refractivity contribution in [1.82, 2.24) is 0 Å². The lowest BCUT2D eigenvalue weighted by Crippen LogP contribution is -3.14. The summed E-state index contributed by atoms with van der Waals surface area (Å²) in [6, 6.07) is 0. The van der Waals surface area contributed by atoms with Gasteiger partial charge in [-0.2, -0.15) is 0 Å². The second kappa shape index (κ2) is 7.24. The van der Waals surface area contributed by atoms with Crippen molar-refractivity contribution in [2.24, 2.45) is 5.92 Å². The van der Waals surface area contributed by atoms with Gasteiger partial charge in [-0.3, -0.25) is 4.79 Å². The molecule has 1 amide bonds. The van der Waals surface area contributed by atoms with Crippen LogP contribution in [0, 0.1) is 19.8 Å². The van der Waals surface area contributed by atoms with Gasteiger partial charge >= 0.3 is 5.97 Å². The topological polar surface area (TPSA) is 59.8 Å². The van der Waals surface area contributed by atoms with Crippen LogP contribution in [-0.2, 0) is 9.53 Å². The summed E-state index contributed by atoms with van der Waals surface area (Å²) in [6.45, 7) is 8.61. The molecule has 2 N–H and O–H groups in total. The Labute approximate surface area is 135 Å². The van der Waals surface area contributed by atoms with Crippen molar-refractivity contribution in [1.29, 1.82) is 0 Å². The molecule has 1 saturated heterocycles. The van der Waals surface area contributed by atoms with Crippen molar-refractivity contribution in [2.75, 3.05) is 32.1 Å². The van der Waals surface area contributed by atoms with Crippen LogP contribution in [0.1, 0.15) is 40.6 Å². The van der Waals surface area contributed by atoms with Crippen LogP contribution in [0.2, 0.25) is 0 Å². The fourth-order valence-corrected chi connectivity index (χ4v) is 4.08. The number of esters is 1. The molecule has 0 spiro atoms. The third kappa shape index (κ3) is 3.87. The van der Waals surface area contributed by atoms with Crippen LogP contribution in [-0.4, -0.2) is 38.6 Å². The van der Waals surface area contributed by atoms with Crippen LogP contribution in [0.3, 0.4) is 0 Å². The smallest absolute Gasteiger partial charge is 0.341 e. The van der Waals surface area contributed by atoms with E-state index in [1.165, 1.54) is 36.2 Å². The van der Waals surface area contributed by atoms with Crippen molar-refractivity contribution in [2.45, 2.75) is 33.6 Å². The summed E-state index contributed by atoms with van der Waals surface area (Å²) in [5.74, 6) is 0.250. The van der Waals surface area contributed by atoms with E-state index < -0.39 is 5.97 Å². The number of ether oxygens (including phenoxy) is 1. The van der Waals surface area contributed by atoms with E-state index in [4.69, 9.17) is 4.74 Å². The first kappa shape index (κ1) is 17.0. The highest BCUT2D eigenvalue weighted by molar-refractivity contribution is 7.16. The molecule has 2 atom stereocenters. The molecule has 1 aliphatic heterocycles. The summed E-state index contributed by atoms with van der Waals surface area (Å²) in [5.41, 5.74) is 1.37. The van der Waals surface area contributed by atoms with Crippen LogP contribution in [0.25, 0.3) is 0 Å². The summed E-state index contributed by atoms with van der Waals surface area (Å²) in [6.07, 6.45) is 2.43. The summed E-state index contributed by atoms with van der Waals surface area (Å²) >= 11 is 1.43. The van der Waals surface area contributed by atoms with Gasteiger partial charge in [0.2, 0.25) is 0 Å². The zero-order chi connectivity index (χ0) is 16.3. The third-order valence-corrected chi connectivity index (χ3v) is 5.43. The number of amides is 1. The van der Waals surface area contributed by atoms with Gasteiger partial charge in [-0.1, -0.05) is 6.92 Å². The number of nitrogens with one attached hydrogen (secondary N) is 2. The number of piperidine rings is 1. The lowest BCUT2D eigenvalue weighted by Gasteiger charge is -2.27. The van der Waals surface area contributed by atoms with E-state index in [0.717, 1.165) is 23.5 Å². The summed E-state index contributed by atoms with van der Waals surface area (Å²) in [7, 11) is 1.36. The summed E-state index contributed by atoms with van der Waals surface area (Å²) < 4.78 is 4.83. The number of thiophene rings is 1. The number of aryl methyl sites for hydroxylation is 1. The number of methoxy groups -OCH3 is 1. The Morgan fingerprint density at radius 2 is 2.14 bits per heavy atom. The van der Waals surface area contributed by atoms with Crippen LogP contribution < -0.4 is 10.2 Å². The largest absolute Gasteiger partial charge is 0.465 e. The highest BCUT2D eigenvalue weighted by Gasteiger charge is 2.25. The summed E-state index contributed by atoms with van der Waals surface area (Å²) in [5, 5.41) is 3.52. The van der Waals surface area contributed by atoms with Crippen LogP contribution in [0.4, 0.5) is 5.00 Å². The number of carbonyl (C=O) groups is 2. The third-order valence-electron chi connectivity index (χ3n) is 4.30. The standard InChI is InChI=1S/C16H24N2O3S/c1-10-6-5-7-18(8-10)9-13(19)17-15-14(16(20)21-4)11(2)12(3)22-15/h10H,5-9H2,1-4H3,(H,17,19)/p+1/t10-/m0/s1. The van der Waals surface area contributed by atoms with Crippen LogP contribution in [0.15, 0.2) is 0 Å². The highest BCUT2D eigenvalue weighted by Crippen LogP contribution is 2.32. The SMILES string of the molecule is COC(=O)c1c(NC(=O)C[NH+]2CCC[C@H](C)C2)sc(C)c1C. The number of rotatable bonds is 4. The monoisotopic (exact) mass is 325 g/mol. The van der Waals surface area contributed by atoms with E-state index in [9.17, 15) is 9.59 Å². The second-order valence-corrected chi connectivity index (χ2v) is 7.38.